The molecule has 0 fully saturated rings. The number of thioether (sulfide) groups is 1. The van der Waals surface area contributed by atoms with Crippen LogP contribution in [0.3, 0.4) is 0 Å². The Bertz CT molecular complexity index is 985. The second kappa shape index (κ2) is 9.90. The van der Waals surface area contributed by atoms with Crippen LogP contribution in [0.25, 0.3) is 0 Å². The smallest absolute Gasteiger partial charge is 0.326 e. The minimum absolute atomic E-state index is 0.146. The normalized spacial score (nSPS) is 12.7. The monoisotopic (exact) mass is 429 g/mol. The summed E-state index contributed by atoms with van der Waals surface area (Å²) in [5.41, 5.74) is 3.24. The summed E-state index contributed by atoms with van der Waals surface area (Å²) in [5.74, 6) is -0.141. The SMILES string of the molecule is CC(=O)Nc1ccc(NC(=O)CSc2nc(=O)n(CCN(C)C)c3c2CCC3)cc1. The van der Waals surface area contributed by atoms with Gasteiger partial charge in [-0.25, -0.2) is 4.79 Å². The molecule has 0 saturated carbocycles. The lowest BCUT2D eigenvalue weighted by atomic mass is 10.2. The largest absolute Gasteiger partial charge is 0.348 e. The van der Waals surface area contributed by atoms with Crippen LogP contribution in [0.5, 0.6) is 0 Å². The van der Waals surface area contributed by atoms with Gasteiger partial charge in [0.05, 0.1) is 5.75 Å². The van der Waals surface area contributed by atoms with Crippen LogP contribution in [0.4, 0.5) is 11.4 Å². The molecular formula is C21H27N5O3S. The standard InChI is InChI=1S/C21H27N5O3S/c1-14(27)22-15-7-9-16(10-8-15)23-19(28)13-30-20-17-5-4-6-18(17)26(21(29)24-20)12-11-25(2)3/h7-10H,4-6,11-13H2,1-3H3,(H,22,27)(H,23,28). The summed E-state index contributed by atoms with van der Waals surface area (Å²) >= 11 is 1.31. The number of benzene rings is 1. The van der Waals surface area contributed by atoms with Gasteiger partial charge < -0.3 is 15.5 Å². The van der Waals surface area contributed by atoms with Crippen LogP contribution in [0.2, 0.25) is 0 Å². The Morgan fingerprint density at radius 1 is 1.13 bits per heavy atom. The van der Waals surface area contributed by atoms with E-state index in [1.165, 1.54) is 18.7 Å². The molecule has 0 unspecified atom stereocenters. The van der Waals surface area contributed by atoms with E-state index in [-0.39, 0.29) is 23.3 Å². The van der Waals surface area contributed by atoms with E-state index in [2.05, 4.69) is 15.6 Å². The molecule has 0 radical (unpaired) electrons. The second-order valence-electron chi connectivity index (χ2n) is 7.53. The average Bonchev–Trinajstić information content (AvgIpc) is 3.16. The lowest BCUT2D eigenvalue weighted by Gasteiger charge is -2.16. The van der Waals surface area contributed by atoms with Crippen molar-refractivity contribution in [3.8, 4) is 0 Å². The molecule has 2 amide bonds. The van der Waals surface area contributed by atoms with Gasteiger partial charge in [-0.05, 0) is 57.6 Å². The third-order valence-electron chi connectivity index (χ3n) is 4.80. The van der Waals surface area contributed by atoms with Crippen molar-refractivity contribution in [2.24, 2.45) is 0 Å². The van der Waals surface area contributed by atoms with Crippen LogP contribution in [-0.4, -0.2) is 52.7 Å². The molecule has 1 aromatic heterocycles. The zero-order valence-electron chi connectivity index (χ0n) is 17.5. The van der Waals surface area contributed by atoms with E-state index in [4.69, 9.17) is 0 Å². The third-order valence-corrected chi connectivity index (χ3v) is 5.82. The van der Waals surface area contributed by atoms with Crippen molar-refractivity contribution in [3.05, 3.63) is 46.0 Å². The van der Waals surface area contributed by atoms with E-state index >= 15 is 0 Å². The van der Waals surface area contributed by atoms with Gasteiger partial charge in [0.1, 0.15) is 5.03 Å². The highest BCUT2D eigenvalue weighted by Crippen LogP contribution is 2.29. The van der Waals surface area contributed by atoms with Gasteiger partial charge in [0.2, 0.25) is 11.8 Å². The molecule has 30 heavy (non-hydrogen) atoms. The number of hydrogen-bond donors (Lipinski definition) is 2. The fourth-order valence-electron chi connectivity index (χ4n) is 3.41. The zero-order chi connectivity index (χ0) is 21.7. The number of fused-ring (bicyclic) bond motifs is 1. The number of nitrogens with zero attached hydrogens (tertiary/aromatic N) is 3. The fourth-order valence-corrected chi connectivity index (χ4v) is 4.28. The molecule has 1 heterocycles. The first-order valence-electron chi connectivity index (χ1n) is 9.91. The number of anilines is 2. The van der Waals surface area contributed by atoms with Gasteiger partial charge in [-0.1, -0.05) is 11.8 Å². The third kappa shape index (κ3) is 5.70. The summed E-state index contributed by atoms with van der Waals surface area (Å²) in [6, 6.07) is 6.92. The van der Waals surface area contributed by atoms with Crippen LogP contribution in [0, 0.1) is 0 Å². The van der Waals surface area contributed by atoms with E-state index in [0.717, 1.165) is 37.1 Å². The highest BCUT2D eigenvalue weighted by Gasteiger charge is 2.22. The molecule has 1 aromatic carbocycles. The Kier molecular flexibility index (Phi) is 7.28. The number of hydrogen-bond acceptors (Lipinski definition) is 6. The molecule has 9 heteroatoms. The minimum atomic E-state index is -0.242. The summed E-state index contributed by atoms with van der Waals surface area (Å²) in [6.45, 7) is 2.85. The molecule has 1 aliphatic carbocycles. The molecule has 160 valence electrons. The van der Waals surface area contributed by atoms with E-state index in [9.17, 15) is 14.4 Å². The van der Waals surface area contributed by atoms with Crippen LogP contribution >= 0.6 is 11.8 Å². The average molecular weight is 430 g/mol. The van der Waals surface area contributed by atoms with Gasteiger partial charge in [-0.15, -0.1) is 0 Å². The zero-order valence-corrected chi connectivity index (χ0v) is 18.3. The summed E-state index contributed by atoms with van der Waals surface area (Å²) in [4.78, 5) is 42.3. The number of nitrogens with one attached hydrogen (secondary N) is 2. The lowest BCUT2D eigenvalue weighted by Crippen LogP contribution is -2.31. The Morgan fingerprint density at radius 2 is 1.80 bits per heavy atom. The number of carbonyl (C=O) groups excluding carboxylic acids is 2. The first kappa shape index (κ1) is 22.0. The molecular weight excluding hydrogens is 402 g/mol. The summed E-state index contributed by atoms with van der Waals surface area (Å²) < 4.78 is 1.78. The number of likely N-dealkylation sites (N-methyl/N-ethyl adjacent to an activating group) is 1. The Morgan fingerprint density at radius 3 is 2.43 bits per heavy atom. The minimum Gasteiger partial charge on any atom is -0.326 e. The maximum atomic E-state index is 12.5. The maximum absolute atomic E-state index is 12.5. The fraction of sp³-hybridized carbons (Fsp3) is 0.429. The predicted octanol–water partition coefficient (Wildman–Crippen LogP) is 1.98. The molecule has 1 aliphatic rings. The number of aromatic nitrogens is 2. The highest BCUT2D eigenvalue weighted by molar-refractivity contribution is 8.00. The van der Waals surface area contributed by atoms with E-state index in [1.54, 1.807) is 28.8 Å². The van der Waals surface area contributed by atoms with Crippen LogP contribution in [0.15, 0.2) is 34.1 Å². The van der Waals surface area contributed by atoms with Crippen molar-refractivity contribution in [3.63, 3.8) is 0 Å². The van der Waals surface area contributed by atoms with Gasteiger partial charge in [-0.3, -0.25) is 14.2 Å². The topological polar surface area (TPSA) is 96.3 Å². The lowest BCUT2D eigenvalue weighted by molar-refractivity contribution is -0.114. The van der Waals surface area contributed by atoms with E-state index < -0.39 is 0 Å². The Balaban J connectivity index is 1.63. The van der Waals surface area contributed by atoms with Gasteiger partial charge in [0.15, 0.2) is 0 Å². The van der Waals surface area contributed by atoms with Gasteiger partial charge in [0.25, 0.3) is 0 Å². The van der Waals surface area contributed by atoms with Crippen LogP contribution < -0.4 is 16.3 Å². The van der Waals surface area contributed by atoms with Crippen molar-refractivity contribution >= 4 is 35.0 Å². The van der Waals surface area contributed by atoms with Crippen LogP contribution in [0.1, 0.15) is 24.6 Å². The molecule has 2 N–H and O–H groups in total. The Labute approximate surface area is 180 Å². The second-order valence-corrected chi connectivity index (χ2v) is 8.49. The molecule has 0 spiro atoms. The van der Waals surface area contributed by atoms with Gasteiger partial charge in [0, 0.05) is 42.6 Å². The quantitative estimate of drug-likeness (QED) is 0.492. The maximum Gasteiger partial charge on any atom is 0.348 e. The molecule has 8 nitrogen and oxygen atoms in total. The summed E-state index contributed by atoms with van der Waals surface area (Å²) in [6.07, 6.45) is 2.77. The molecule has 3 rings (SSSR count). The van der Waals surface area contributed by atoms with Crippen molar-refractivity contribution in [1.29, 1.82) is 0 Å². The first-order valence-corrected chi connectivity index (χ1v) is 10.9. The van der Waals surface area contributed by atoms with Gasteiger partial charge in [-0.2, -0.15) is 4.98 Å². The molecule has 0 bridgehead atoms. The predicted molar refractivity (Wildman–Crippen MR) is 119 cm³/mol. The van der Waals surface area contributed by atoms with Crippen molar-refractivity contribution in [1.82, 2.24) is 14.5 Å². The highest BCUT2D eigenvalue weighted by atomic mass is 32.2. The molecule has 2 aromatic rings. The van der Waals surface area contributed by atoms with Crippen molar-refractivity contribution in [2.75, 3.05) is 37.0 Å². The van der Waals surface area contributed by atoms with Gasteiger partial charge >= 0.3 is 5.69 Å². The van der Waals surface area contributed by atoms with Crippen molar-refractivity contribution < 1.29 is 9.59 Å². The molecule has 0 atom stereocenters. The number of carbonyl (C=O) groups is 2. The number of amides is 2. The van der Waals surface area contributed by atoms with Crippen molar-refractivity contribution in [2.45, 2.75) is 37.8 Å². The van der Waals surface area contributed by atoms with E-state index in [1.807, 2.05) is 19.0 Å². The van der Waals surface area contributed by atoms with E-state index in [0.29, 0.717) is 22.9 Å². The first-order chi connectivity index (χ1) is 14.3. The summed E-state index contributed by atoms with van der Waals surface area (Å²) in [7, 11) is 3.96. The molecule has 0 saturated heterocycles. The Hall–Kier alpha value is -2.65. The number of rotatable bonds is 8. The van der Waals surface area contributed by atoms with Crippen LogP contribution in [-0.2, 0) is 29.0 Å². The molecule has 0 aliphatic heterocycles. The summed E-state index contributed by atoms with van der Waals surface area (Å²) in [5, 5.41) is 6.18.